The summed E-state index contributed by atoms with van der Waals surface area (Å²) >= 11 is 3.34. The van der Waals surface area contributed by atoms with E-state index in [1.807, 2.05) is 18.7 Å². The molecular formula is C14H20BrF2N. The molecule has 0 aliphatic carbocycles. The Labute approximate surface area is 116 Å². The van der Waals surface area contributed by atoms with Crippen molar-refractivity contribution in [1.82, 2.24) is 4.90 Å². The number of benzene rings is 1. The summed E-state index contributed by atoms with van der Waals surface area (Å²) in [6.45, 7) is 4.37. The summed E-state index contributed by atoms with van der Waals surface area (Å²) in [6.07, 6.45) is 0.878. The van der Waals surface area contributed by atoms with Crippen molar-refractivity contribution < 1.29 is 8.78 Å². The lowest BCUT2D eigenvalue weighted by Crippen LogP contribution is -2.40. The first-order valence-electron chi connectivity index (χ1n) is 6.20. The highest BCUT2D eigenvalue weighted by Gasteiger charge is 2.34. The molecule has 0 aromatic heterocycles. The summed E-state index contributed by atoms with van der Waals surface area (Å²) in [5.74, 6) is -2.79. The van der Waals surface area contributed by atoms with E-state index in [-0.39, 0.29) is 18.2 Å². The van der Waals surface area contributed by atoms with E-state index in [0.29, 0.717) is 6.54 Å². The van der Waals surface area contributed by atoms with Gasteiger partial charge in [0.1, 0.15) is 0 Å². The summed E-state index contributed by atoms with van der Waals surface area (Å²) in [4.78, 5) is 1.83. The zero-order valence-electron chi connectivity index (χ0n) is 10.9. The molecule has 0 atom stereocenters. The summed E-state index contributed by atoms with van der Waals surface area (Å²) in [6, 6.07) is 8.16. The topological polar surface area (TPSA) is 3.24 Å². The van der Waals surface area contributed by atoms with Gasteiger partial charge in [0, 0.05) is 16.9 Å². The van der Waals surface area contributed by atoms with Crippen LogP contribution in [-0.4, -0.2) is 29.4 Å². The van der Waals surface area contributed by atoms with Gasteiger partial charge >= 0.3 is 0 Å². The second-order valence-corrected chi connectivity index (χ2v) is 5.47. The second-order valence-electron chi connectivity index (χ2n) is 4.68. The number of hydrogen-bond donors (Lipinski definition) is 0. The van der Waals surface area contributed by atoms with Crippen molar-refractivity contribution in [2.24, 2.45) is 0 Å². The van der Waals surface area contributed by atoms with E-state index in [1.165, 1.54) is 12.1 Å². The summed E-state index contributed by atoms with van der Waals surface area (Å²) in [5, 5.41) is 0.840. The normalized spacial score (nSPS) is 12.4. The van der Waals surface area contributed by atoms with Gasteiger partial charge in [0.25, 0.3) is 5.92 Å². The van der Waals surface area contributed by atoms with E-state index in [2.05, 4.69) is 15.9 Å². The molecule has 4 heteroatoms. The third-order valence-corrected chi connectivity index (χ3v) is 3.47. The molecule has 0 bridgehead atoms. The Morgan fingerprint density at radius 3 is 2.33 bits per heavy atom. The highest BCUT2D eigenvalue weighted by Crippen LogP contribution is 2.29. The molecule has 0 fully saturated rings. The van der Waals surface area contributed by atoms with Gasteiger partial charge in [-0.05, 0) is 26.8 Å². The van der Waals surface area contributed by atoms with Crippen LogP contribution in [0.2, 0.25) is 0 Å². The van der Waals surface area contributed by atoms with Crippen LogP contribution in [0.4, 0.5) is 8.78 Å². The molecule has 0 N–H and O–H groups in total. The summed E-state index contributed by atoms with van der Waals surface area (Å²) < 4.78 is 28.3. The Bertz CT molecular complexity index is 341. The molecule has 0 spiro atoms. The van der Waals surface area contributed by atoms with Gasteiger partial charge in [-0.2, -0.15) is 8.78 Å². The number of hydrogen-bond acceptors (Lipinski definition) is 1. The van der Waals surface area contributed by atoms with Gasteiger partial charge in [0.15, 0.2) is 0 Å². The van der Waals surface area contributed by atoms with Gasteiger partial charge in [-0.15, -0.1) is 0 Å². The fraction of sp³-hybridized carbons (Fsp3) is 0.571. The molecule has 1 aromatic carbocycles. The maximum atomic E-state index is 14.1. The summed E-state index contributed by atoms with van der Waals surface area (Å²) in [5.41, 5.74) is 0.0921. The van der Waals surface area contributed by atoms with Crippen LogP contribution in [-0.2, 0) is 5.92 Å². The van der Waals surface area contributed by atoms with Gasteiger partial charge in [-0.25, -0.2) is 0 Å². The van der Waals surface area contributed by atoms with Gasteiger partial charge in [-0.3, -0.25) is 4.90 Å². The first-order chi connectivity index (χ1) is 8.47. The Hall–Kier alpha value is -0.480. The maximum Gasteiger partial charge on any atom is 0.285 e. The monoisotopic (exact) mass is 319 g/mol. The fourth-order valence-corrected chi connectivity index (χ4v) is 2.06. The fourth-order valence-electron chi connectivity index (χ4n) is 1.81. The van der Waals surface area contributed by atoms with Crippen LogP contribution in [0.3, 0.4) is 0 Å². The highest BCUT2D eigenvalue weighted by atomic mass is 79.9. The molecule has 0 aliphatic rings. The maximum absolute atomic E-state index is 14.1. The van der Waals surface area contributed by atoms with E-state index >= 15 is 0 Å². The van der Waals surface area contributed by atoms with Crippen molar-refractivity contribution in [3.8, 4) is 0 Å². The Balaban J connectivity index is 2.72. The number of alkyl halides is 3. The van der Waals surface area contributed by atoms with Crippen LogP contribution < -0.4 is 0 Å². The minimum absolute atomic E-state index is 0.0921. The average Bonchev–Trinajstić information content (AvgIpc) is 2.35. The average molecular weight is 320 g/mol. The lowest BCUT2D eigenvalue weighted by Gasteiger charge is -2.30. The molecule has 1 nitrogen and oxygen atoms in total. The lowest BCUT2D eigenvalue weighted by atomic mass is 10.1. The molecule has 0 aliphatic heterocycles. The zero-order chi connectivity index (χ0) is 13.6. The predicted octanol–water partition coefficient (Wildman–Crippen LogP) is 4.27. The Kier molecular flexibility index (Phi) is 6.22. The van der Waals surface area contributed by atoms with Gasteiger partial charge in [0.2, 0.25) is 0 Å². The molecular weight excluding hydrogens is 300 g/mol. The first kappa shape index (κ1) is 15.6. The van der Waals surface area contributed by atoms with E-state index in [4.69, 9.17) is 0 Å². The van der Waals surface area contributed by atoms with E-state index < -0.39 is 5.92 Å². The predicted molar refractivity (Wildman–Crippen MR) is 75.5 cm³/mol. The van der Waals surface area contributed by atoms with Crippen LogP contribution in [0.25, 0.3) is 0 Å². The lowest BCUT2D eigenvalue weighted by molar-refractivity contribution is -0.0448. The highest BCUT2D eigenvalue weighted by molar-refractivity contribution is 9.09. The zero-order valence-corrected chi connectivity index (χ0v) is 12.5. The molecule has 0 radical (unpaired) electrons. The smallest absolute Gasteiger partial charge is 0.285 e. The van der Waals surface area contributed by atoms with Crippen molar-refractivity contribution in [2.45, 2.75) is 32.2 Å². The minimum Gasteiger partial charge on any atom is -0.295 e. The standard InChI is InChI=1S/C14H20BrF2N/c1-12(2)18(10-6-9-15)11-14(16,17)13-7-4-3-5-8-13/h3-5,7-8,12H,6,9-11H2,1-2H3. The number of halogens is 3. The van der Waals surface area contributed by atoms with Gasteiger partial charge < -0.3 is 0 Å². The Morgan fingerprint density at radius 2 is 1.83 bits per heavy atom. The quantitative estimate of drug-likeness (QED) is 0.678. The molecule has 0 heterocycles. The van der Waals surface area contributed by atoms with Crippen molar-refractivity contribution >= 4 is 15.9 Å². The molecule has 18 heavy (non-hydrogen) atoms. The van der Waals surface area contributed by atoms with Crippen LogP contribution in [0.15, 0.2) is 30.3 Å². The van der Waals surface area contributed by atoms with E-state index in [9.17, 15) is 8.78 Å². The molecule has 0 amide bonds. The van der Waals surface area contributed by atoms with Crippen LogP contribution >= 0.6 is 15.9 Å². The number of rotatable bonds is 7. The summed E-state index contributed by atoms with van der Waals surface area (Å²) in [7, 11) is 0. The minimum atomic E-state index is -2.79. The van der Waals surface area contributed by atoms with E-state index in [0.717, 1.165) is 11.8 Å². The van der Waals surface area contributed by atoms with Gasteiger partial charge in [0.05, 0.1) is 6.54 Å². The molecule has 102 valence electrons. The first-order valence-corrected chi connectivity index (χ1v) is 7.33. The van der Waals surface area contributed by atoms with Crippen molar-refractivity contribution in [2.75, 3.05) is 18.4 Å². The second kappa shape index (κ2) is 7.19. The van der Waals surface area contributed by atoms with E-state index in [1.54, 1.807) is 18.2 Å². The molecule has 1 rings (SSSR count). The molecule has 0 saturated carbocycles. The Morgan fingerprint density at radius 1 is 1.22 bits per heavy atom. The molecule has 0 saturated heterocycles. The SMILES string of the molecule is CC(C)N(CCCBr)CC(F)(F)c1ccccc1. The van der Waals surface area contributed by atoms with Crippen molar-refractivity contribution in [1.29, 1.82) is 0 Å². The molecule has 0 unspecified atom stereocenters. The van der Waals surface area contributed by atoms with Crippen LogP contribution in [0.5, 0.6) is 0 Å². The van der Waals surface area contributed by atoms with Crippen LogP contribution in [0, 0.1) is 0 Å². The third kappa shape index (κ3) is 4.65. The third-order valence-electron chi connectivity index (χ3n) is 2.91. The largest absolute Gasteiger partial charge is 0.295 e. The van der Waals surface area contributed by atoms with Crippen molar-refractivity contribution in [3.63, 3.8) is 0 Å². The van der Waals surface area contributed by atoms with Crippen LogP contribution in [0.1, 0.15) is 25.8 Å². The van der Waals surface area contributed by atoms with Gasteiger partial charge in [-0.1, -0.05) is 46.3 Å². The number of nitrogens with zero attached hydrogens (tertiary/aromatic N) is 1. The van der Waals surface area contributed by atoms with Crippen molar-refractivity contribution in [3.05, 3.63) is 35.9 Å². The molecule has 1 aromatic rings.